The molecule has 2 rings (SSSR count). The summed E-state index contributed by atoms with van der Waals surface area (Å²) >= 11 is 5.45. The molecular formula is C14H12BrFIN. The van der Waals surface area contributed by atoms with Crippen LogP contribution in [0.3, 0.4) is 0 Å². The highest BCUT2D eigenvalue weighted by molar-refractivity contribution is 14.1. The number of hydrogen-bond acceptors (Lipinski definition) is 1. The van der Waals surface area contributed by atoms with E-state index in [1.54, 1.807) is 12.1 Å². The van der Waals surface area contributed by atoms with Gasteiger partial charge in [-0.05, 0) is 80.3 Å². The van der Waals surface area contributed by atoms with Crippen molar-refractivity contribution in [2.45, 2.75) is 12.5 Å². The quantitative estimate of drug-likeness (QED) is 0.731. The molecule has 4 heteroatoms. The van der Waals surface area contributed by atoms with Crippen LogP contribution < -0.4 is 5.73 Å². The number of hydrogen-bond donors (Lipinski definition) is 1. The second-order valence-electron chi connectivity index (χ2n) is 4.11. The van der Waals surface area contributed by atoms with Crippen LogP contribution in [-0.4, -0.2) is 0 Å². The molecule has 0 bridgehead atoms. The Bertz CT molecular complexity index is 542. The van der Waals surface area contributed by atoms with Crippen molar-refractivity contribution in [2.75, 3.05) is 0 Å². The maximum Gasteiger partial charge on any atom is 0.137 e. The van der Waals surface area contributed by atoms with Crippen LogP contribution >= 0.6 is 38.5 Å². The summed E-state index contributed by atoms with van der Waals surface area (Å²) in [6.07, 6.45) is 0.694. The molecule has 1 nitrogen and oxygen atoms in total. The van der Waals surface area contributed by atoms with Gasteiger partial charge in [-0.15, -0.1) is 0 Å². The molecule has 0 saturated heterocycles. The van der Waals surface area contributed by atoms with Gasteiger partial charge in [-0.3, -0.25) is 0 Å². The maximum absolute atomic E-state index is 13.1. The van der Waals surface area contributed by atoms with Crippen molar-refractivity contribution in [1.82, 2.24) is 0 Å². The van der Waals surface area contributed by atoms with Gasteiger partial charge >= 0.3 is 0 Å². The number of halogens is 3. The first-order chi connectivity index (χ1) is 8.56. The third-order valence-electron chi connectivity index (χ3n) is 2.74. The highest BCUT2D eigenvalue weighted by atomic mass is 127. The van der Waals surface area contributed by atoms with Gasteiger partial charge in [-0.1, -0.05) is 18.2 Å². The molecule has 0 aliphatic rings. The van der Waals surface area contributed by atoms with E-state index in [9.17, 15) is 4.39 Å². The highest BCUT2D eigenvalue weighted by Crippen LogP contribution is 2.21. The summed E-state index contributed by atoms with van der Waals surface area (Å²) in [6.45, 7) is 0. The van der Waals surface area contributed by atoms with Gasteiger partial charge in [0.05, 0.1) is 4.47 Å². The lowest BCUT2D eigenvalue weighted by Crippen LogP contribution is -2.13. The minimum Gasteiger partial charge on any atom is -0.324 e. The largest absolute Gasteiger partial charge is 0.324 e. The highest BCUT2D eigenvalue weighted by Gasteiger charge is 2.08. The molecule has 0 aromatic heterocycles. The Kier molecular flexibility index (Phi) is 4.75. The third-order valence-corrected chi connectivity index (χ3v) is 4.06. The summed E-state index contributed by atoms with van der Waals surface area (Å²) in [5.74, 6) is -0.249. The number of benzene rings is 2. The Hall–Kier alpha value is -0.460. The fourth-order valence-corrected chi connectivity index (χ4v) is 2.53. The molecule has 1 unspecified atom stereocenters. The summed E-state index contributed by atoms with van der Waals surface area (Å²) in [6, 6.07) is 13.1. The van der Waals surface area contributed by atoms with Crippen LogP contribution in [0.1, 0.15) is 17.2 Å². The Morgan fingerprint density at radius 2 is 1.83 bits per heavy atom. The molecule has 2 aromatic carbocycles. The Labute approximate surface area is 128 Å². The number of nitrogens with two attached hydrogens (primary N) is 1. The lowest BCUT2D eigenvalue weighted by Gasteiger charge is -2.12. The lowest BCUT2D eigenvalue weighted by molar-refractivity contribution is 0.618. The van der Waals surface area contributed by atoms with Gasteiger partial charge in [0, 0.05) is 9.61 Å². The Morgan fingerprint density at radius 3 is 2.44 bits per heavy atom. The van der Waals surface area contributed by atoms with E-state index >= 15 is 0 Å². The number of rotatable bonds is 3. The van der Waals surface area contributed by atoms with Crippen molar-refractivity contribution in [2.24, 2.45) is 5.73 Å². The molecule has 0 saturated carbocycles. The maximum atomic E-state index is 13.1. The van der Waals surface area contributed by atoms with Crippen LogP contribution in [0.2, 0.25) is 0 Å². The fourth-order valence-electron chi connectivity index (χ4n) is 1.75. The van der Waals surface area contributed by atoms with E-state index in [4.69, 9.17) is 5.73 Å². The first-order valence-electron chi connectivity index (χ1n) is 5.51. The van der Waals surface area contributed by atoms with Crippen LogP contribution in [0, 0.1) is 9.39 Å². The molecule has 0 heterocycles. The van der Waals surface area contributed by atoms with Crippen molar-refractivity contribution in [3.8, 4) is 0 Å². The van der Waals surface area contributed by atoms with E-state index in [1.165, 1.54) is 9.64 Å². The van der Waals surface area contributed by atoms with Crippen LogP contribution in [0.25, 0.3) is 0 Å². The minimum atomic E-state index is -0.249. The standard InChI is InChI=1S/C14H12BrFIN/c15-12-7-9(1-6-13(12)16)8-14(18)10-2-4-11(17)5-3-10/h1-7,14H,8,18H2. The predicted octanol–water partition coefficient (Wildman–Crippen LogP) is 4.44. The second kappa shape index (κ2) is 6.12. The lowest BCUT2D eigenvalue weighted by atomic mass is 10.00. The van der Waals surface area contributed by atoms with E-state index in [2.05, 4.69) is 38.5 Å². The van der Waals surface area contributed by atoms with Gasteiger partial charge in [-0.2, -0.15) is 0 Å². The zero-order valence-electron chi connectivity index (χ0n) is 9.54. The summed E-state index contributed by atoms with van der Waals surface area (Å²) in [5, 5.41) is 0. The molecule has 2 N–H and O–H groups in total. The first kappa shape index (κ1) is 14.0. The molecule has 0 radical (unpaired) electrons. The van der Waals surface area contributed by atoms with E-state index in [1.807, 2.05) is 24.3 Å². The van der Waals surface area contributed by atoms with Gasteiger partial charge in [0.1, 0.15) is 5.82 Å². The van der Waals surface area contributed by atoms with E-state index in [0.29, 0.717) is 10.9 Å². The zero-order valence-corrected chi connectivity index (χ0v) is 13.3. The molecule has 1 atom stereocenters. The topological polar surface area (TPSA) is 26.0 Å². The fraction of sp³-hybridized carbons (Fsp3) is 0.143. The summed E-state index contributed by atoms with van der Waals surface area (Å²) in [4.78, 5) is 0. The first-order valence-corrected chi connectivity index (χ1v) is 7.38. The normalized spacial score (nSPS) is 12.4. The molecule has 94 valence electrons. The van der Waals surface area contributed by atoms with Crippen molar-refractivity contribution in [3.05, 3.63) is 67.5 Å². The Balaban J connectivity index is 2.13. The van der Waals surface area contributed by atoms with Gasteiger partial charge in [0.15, 0.2) is 0 Å². The zero-order chi connectivity index (χ0) is 13.1. The van der Waals surface area contributed by atoms with Crippen LogP contribution in [0.15, 0.2) is 46.9 Å². The molecule has 18 heavy (non-hydrogen) atoms. The average Bonchev–Trinajstić information content (AvgIpc) is 2.34. The van der Waals surface area contributed by atoms with Crippen molar-refractivity contribution < 1.29 is 4.39 Å². The minimum absolute atomic E-state index is 0.0700. The van der Waals surface area contributed by atoms with Gasteiger partial charge in [-0.25, -0.2) is 4.39 Å². The Morgan fingerprint density at radius 1 is 1.17 bits per heavy atom. The molecule has 0 fully saturated rings. The molecule has 0 spiro atoms. The van der Waals surface area contributed by atoms with Crippen LogP contribution in [-0.2, 0) is 6.42 Å². The average molecular weight is 420 g/mol. The van der Waals surface area contributed by atoms with E-state index in [-0.39, 0.29) is 11.9 Å². The van der Waals surface area contributed by atoms with Gasteiger partial charge < -0.3 is 5.73 Å². The van der Waals surface area contributed by atoms with Crippen molar-refractivity contribution >= 4 is 38.5 Å². The predicted molar refractivity (Wildman–Crippen MR) is 83.9 cm³/mol. The second-order valence-corrected chi connectivity index (χ2v) is 6.21. The van der Waals surface area contributed by atoms with Crippen molar-refractivity contribution in [3.63, 3.8) is 0 Å². The summed E-state index contributed by atoms with van der Waals surface area (Å²) < 4.78 is 14.8. The van der Waals surface area contributed by atoms with E-state index < -0.39 is 0 Å². The van der Waals surface area contributed by atoms with Crippen LogP contribution in [0.5, 0.6) is 0 Å². The summed E-state index contributed by atoms with van der Waals surface area (Å²) in [5.41, 5.74) is 8.27. The molecule has 0 amide bonds. The SMILES string of the molecule is NC(Cc1ccc(F)c(Br)c1)c1ccc(I)cc1. The van der Waals surface area contributed by atoms with Gasteiger partial charge in [0.2, 0.25) is 0 Å². The molecule has 0 aliphatic heterocycles. The van der Waals surface area contributed by atoms with Crippen LogP contribution in [0.4, 0.5) is 4.39 Å². The summed E-state index contributed by atoms with van der Waals surface area (Å²) in [7, 11) is 0. The van der Waals surface area contributed by atoms with Crippen molar-refractivity contribution in [1.29, 1.82) is 0 Å². The third kappa shape index (κ3) is 3.52. The molecular weight excluding hydrogens is 408 g/mol. The monoisotopic (exact) mass is 419 g/mol. The molecule has 2 aromatic rings. The van der Waals surface area contributed by atoms with Gasteiger partial charge in [0.25, 0.3) is 0 Å². The van der Waals surface area contributed by atoms with E-state index in [0.717, 1.165) is 11.1 Å². The smallest absolute Gasteiger partial charge is 0.137 e. The molecule has 0 aliphatic carbocycles.